The molecule has 0 radical (unpaired) electrons. The Morgan fingerprint density at radius 1 is 1.56 bits per heavy atom. The molecular formula is C7H16FN. The van der Waals surface area contributed by atoms with Gasteiger partial charge in [0.25, 0.3) is 0 Å². The molecule has 0 aliphatic heterocycles. The molecule has 0 spiro atoms. The van der Waals surface area contributed by atoms with E-state index in [9.17, 15) is 4.39 Å². The lowest BCUT2D eigenvalue weighted by Crippen LogP contribution is -2.31. The van der Waals surface area contributed by atoms with Crippen LogP contribution in [0.5, 0.6) is 0 Å². The van der Waals surface area contributed by atoms with Crippen molar-refractivity contribution < 1.29 is 4.39 Å². The zero-order valence-corrected chi connectivity index (χ0v) is 6.45. The molecule has 0 rings (SSSR count). The van der Waals surface area contributed by atoms with E-state index in [1.165, 1.54) is 0 Å². The second kappa shape index (κ2) is 3.16. The fourth-order valence-electron chi connectivity index (χ4n) is 0.541. The summed E-state index contributed by atoms with van der Waals surface area (Å²) in [4.78, 5) is 0. The van der Waals surface area contributed by atoms with Crippen molar-refractivity contribution in [3.05, 3.63) is 0 Å². The molecule has 0 amide bonds. The predicted octanol–water partition coefficient (Wildman–Crippen LogP) is 1.72. The van der Waals surface area contributed by atoms with E-state index in [-0.39, 0.29) is 12.0 Å². The van der Waals surface area contributed by atoms with Gasteiger partial charge in [0.15, 0.2) is 0 Å². The van der Waals surface area contributed by atoms with Crippen LogP contribution < -0.4 is 5.73 Å². The Morgan fingerprint density at radius 3 is 2.11 bits per heavy atom. The number of hydrogen-bond donors (Lipinski definition) is 1. The van der Waals surface area contributed by atoms with Gasteiger partial charge in [-0.3, -0.25) is 0 Å². The third-order valence-corrected chi connectivity index (χ3v) is 1.97. The molecule has 1 nitrogen and oxygen atoms in total. The highest BCUT2D eigenvalue weighted by atomic mass is 19.1. The third kappa shape index (κ3) is 2.31. The molecular weight excluding hydrogens is 117 g/mol. The highest BCUT2D eigenvalue weighted by Gasteiger charge is 2.25. The largest absolute Gasteiger partial charge is 0.328 e. The van der Waals surface area contributed by atoms with Crippen molar-refractivity contribution in [2.75, 3.05) is 6.54 Å². The first-order valence-corrected chi connectivity index (χ1v) is 3.38. The van der Waals surface area contributed by atoms with E-state index in [1.807, 2.05) is 20.8 Å². The number of hydrogen-bond acceptors (Lipinski definition) is 1. The molecule has 0 heterocycles. The van der Waals surface area contributed by atoms with Gasteiger partial charge in [0.1, 0.15) is 6.17 Å². The molecule has 1 unspecified atom stereocenters. The van der Waals surface area contributed by atoms with Crippen LogP contribution in [-0.2, 0) is 0 Å². The smallest absolute Gasteiger partial charge is 0.117 e. The lowest BCUT2D eigenvalue weighted by molar-refractivity contribution is 0.145. The minimum Gasteiger partial charge on any atom is -0.328 e. The van der Waals surface area contributed by atoms with Gasteiger partial charge in [-0.1, -0.05) is 20.8 Å². The Labute approximate surface area is 56.4 Å². The Kier molecular flexibility index (Phi) is 3.12. The van der Waals surface area contributed by atoms with Crippen LogP contribution in [0.1, 0.15) is 27.2 Å². The molecule has 2 heteroatoms. The number of nitrogens with two attached hydrogens (primary N) is 1. The van der Waals surface area contributed by atoms with Crippen LogP contribution in [-0.4, -0.2) is 12.7 Å². The van der Waals surface area contributed by atoms with Crippen molar-refractivity contribution >= 4 is 0 Å². The topological polar surface area (TPSA) is 26.0 Å². The summed E-state index contributed by atoms with van der Waals surface area (Å²) < 4.78 is 12.8. The summed E-state index contributed by atoms with van der Waals surface area (Å²) in [6.07, 6.45) is -0.0201. The van der Waals surface area contributed by atoms with Gasteiger partial charge in [0.2, 0.25) is 0 Å². The van der Waals surface area contributed by atoms with E-state index < -0.39 is 6.17 Å². The second-order valence-corrected chi connectivity index (χ2v) is 3.05. The van der Waals surface area contributed by atoms with E-state index in [4.69, 9.17) is 5.73 Å². The van der Waals surface area contributed by atoms with Crippen molar-refractivity contribution in [1.29, 1.82) is 0 Å². The maximum Gasteiger partial charge on any atom is 0.117 e. The fraction of sp³-hybridized carbons (Fsp3) is 1.00. The summed E-state index contributed by atoms with van der Waals surface area (Å²) in [5.74, 6) is 0. The summed E-state index contributed by atoms with van der Waals surface area (Å²) in [6.45, 7) is 5.90. The van der Waals surface area contributed by atoms with Crippen molar-refractivity contribution in [2.24, 2.45) is 11.1 Å². The Morgan fingerprint density at radius 2 is 2.00 bits per heavy atom. The van der Waals surface area contributed by atoms with Crippen LogP contribution in [0, 0.1) is 5.41 Å². The normalized spacial score (nSPS) is 15.7. The molecule has 9 heavy (non-hydrogen) atoms. The third-order valence-electron chi connectivity index (χ3n) is 1.97. The molecule has 0 aromatic carbocycles. The van der Waals surface area contributed by atoms with Gasteiger partial charge in [-0.15, -0.1) is 0 Å². The van der Waals surface area contributed by atoms with Gasteiger partial charge >= 0.3 is 0 Å². The van der Waals surface area contributed by atoms with Crippen LogP contribution >= 0.6 is 0 Å². The lowest BCUT2D eigenvalue weighted by Gasteiger charge is -2.25. The van der Waals surface area contributed by atoms with Crippen LogP contribution in [0.2, 0.25) is 0 Å². The monoisotopic (exact) mass is 133 g/mol. The molecule has 56 valence electrons. The molecule has 0 aromatic heterocycles. The quantitative estimate of drug-likeness (QED) is 0.623. The van der Waals surface area contributed by atoms with Gasteiger partial charge in [0, 0.05) is 6.54 Å². The molecule has 2 N–H and O–H groups in total. The zero-order chi connectivity index (χ0) is 7.49. The Hall–Kier alpha value is -0.110. The van der Waals surface area contributed by atoms with E-state index >= 15 is 0 Å². The van der Waals surface area contributed by atoms with Crippen LogP contribution in [0.15, 0.2) is 0 Å². The van der Waals surface area contributed by atoms with Crippen LogP contribution in [0.3, 0.4) is 0 Å². The Balaban J connectivity index is 3.80. The summed E-state index contributed by atoms with van der Waals surface area (Å²) in [5, 5.41) is 0. The number of rotatable bonds is 3. The summed E-state index contributed by atoms with van der Waals surface area (Å²) in [6, 6.07) is 0. The minimum absolute atomic E-state index is 0.140. The standard InChI is InChI=1S/C7H16FN/c1-4-7(2,3)6(8)5-9/h6H,4-5,9H2,1-3H3. The fourth-order valence-corrected chi connectivity index (χ4v) is 0.541. The van der Waals surface area contributed by atoms with Gasteiger partial charge in [0.05, 0.1) is 0 Å². The highest BCUT2D eigenvalue weighted by molar-refractivity contribution is 4.76. The average Bonchev–Trinajstić information content (AvgIpc) is 1.86. The van der Waals surface area contributed by atoms with Crippen LogP contribution in [0.25, 0.3) is 0 Å². The van der Waals surface area contributed by atoms with Gasteiger partial charge in [-0.2, -0.15) is 0 Å². The first-order valence-electron chi connectivity index (χ1n) is 3.38. The predicted molar refractivity (Wildman–Crippen MR) is 38.0 cm³/mol. The summed E-state index contributed by atoms with van der Waals surface area (Å²) in [5.41, 5.74) is 4.92. The van der Waals surface area contributed by atoms with E-state index in [0.29, 0.717) is 0 Å². The Bertz CT molecular complexity index is 81.0. The maximum atomic E-state index is 12.8. The van der Waals surface area contributed by atoms with Crippen molar-refractivity contribution in [2.45, 2.75) is 33.4 Å². The molecule has 1 atom stereocenters. The number of alkyl halides is 1. The number of halogens is 1. The minimum atomic E-state index is -0.859. The molecule has 0 aliphatic carbocycles. The summed E-state index contributed by atoms with van der Waals surface area (Å²) in [7, 11) is 0. The van der Waals surface area contributed by atoms with Crippen molar-refractivity contribution in [3.8, 4) is 0 Å². The van der Waals surface area contributed by atoms with Crippen LogP contribution in [0.4, 0.5) is 4.39 Å². The second-order valence-electron chi connectivity index (χ2n) is 3.05. The first kappa shape index (κ1) is 8.89. The van der Waals surface area contributed by atoms with E-state index in [0.717, 1.165) is 6.42 Å². The molecule has 0 saturated heterocycles. The highest BCUT2D eigenvalue weighted by Crippen LogP contribution is 2.26. The van der Waals surface area contributed by atoms with Gasteiger partial charge in [-0.05, 0) is 11.8 Å². The molecule has 0 bridgehead atoms. The molecule has 0 aliphatic rings. The average molecular weight is 133 g/mol. The SMILES string of the molecule is CCC(C)(C)C(F)CN. The molecule has 0 fully saturated rings. The molecule has 0 aromatic rings. The van der Waals surface area contributed by atoms with Crippen molar-refractivity contribution in [1.82, 2.24) is 0 Å². The van der Waals surface area contributed by atoms with E-state index in [2.05, 4.69) is 0 Å². The van der Waals surface area contributed by atoms with Crippen molar-refractivity contribution in [3.63, 3.8) is 0 Å². The zero-order valence-electron chi connectivity index (χ0n) is 6.45. The van der Waals surface area contributed by atoms with Gasteiger partial charge in [-0.25, -0.2) is 4.39 Å². The lowest BCUT2D eigenvalue weighted by atomic mass is 9.85. The molecule has 0 saturated carbocycles. The van der Waals surface area contributed by atoms with E-state index in [1.54, 1.807) is 0 Å². The maximum absolute atomic E-state index is 12.8. The first-order chi connectivity index (χ1) is 4.04. The summed E-state index contributed by atoms with van der Waals surface area (Å²) >= 11 is 0. The van der Waals surface area contributed by atoms with Gasteiger partial charge < -0.3 is 5.73 Å².